The van der Waals surface area contributed by atoms with Crippen LogP contribution in [0.25, 0.3) is 99.8 Å². The zero-order chi connectivity index (χ0) is 41.7. The smallest absolute Gasteiger partial charge is 0.102 e. The number of aromatic nitrogens is 3. The average molecular weight is 789 g/mol. The Balaban J connectivity index is 1.14. The van der Waals surface area contributed by atoms with Gasteiger partial charge in [-0.1, -0.05) is 140 Å². The minimum absolute atomic E-state index is 0.276. The fraction of sp³-hybridized carbons (Fsp3) is 0. The first-order chi connectivity index (χ1) is 30.7. The van der Waals surface area contributed by atoms with Gasteiger partial charge >= 0.3 is 0 Å². The van der Waals surface area contributed by atoms with E-state index >= 15 is 0 Å². The molecular weight excluding hydrogens is 757 g/mol. The summed E-state index contributed by atoms with van der Waals surface area (Å²) < 4.78 is 4.66. The van der Waals surface area contributed by atoms with Crippen molar-refractivity contribution in [3.63, 3.8) is 0 Å². The summed E-state index contributed by atoms with van der Waals surface area (Å²) in [6.07, 6.45) is 0. The molecule has 0 aliphatic carbocycles. The van der Waals surface area contributed by atoms with Crippen LogP contribution in [0.15, 0.2) is 194 Å². The third-order valence-electron chi connectivity index (χ3n) is 11.8. The minimum atomic E-state index is 0.276. The Labute approximate surface area is 357 Å². The molecule has 3 heterocycles. The number of hydrogen-bond acceptors (Lipinski definition) is 4. The van der Waals surface area contributed by atoms with Gasteiger partial charge in [-0.25, -0.2) is 4.98 Å². The van der Waals surface area contributed by atoms with Crippen molar-refractivity contribution in [2.75, 3.05) is 0 Å². The van der Waals surface area contributed by atoms with E-state index in [-0.39, 0.29) is 5.56 Å². The van der Waals surface area contributed by atoms with Crippen LogP contribution in [0.4, 0.5) is 0 Å². The number of rotatable bonds is 6. The molecule has 0 saturated carbocycles. The maximum atomic E-state index is 10.8. The monoisotopic (exact) mass is 788 g/mol. The molecule has 0 fully saturated rings. The van der Waals surface area contributed by atoms with E-state index in [0.29, 0.717) is 33.6 Å². The Morgan fingerprint density at radius 1 is 0.371 bits per heavy atom. The molecule has 8 aromatic carbocycles. The number of nitriles is 3. The highest BCUT2D eigenvalue weighted by atomic mass is 15.0. The normalized spacial score (nSPS) is 11.2. The quantitative estimate of drug-likeness (QED) is 0.168. The van der Waals surface area contributed by atoms with Crippen LogP contribution in [-0.4, -0.2) is 14.1 Å². The van der Waals surface area contributed by atoms with E-state index in [0.717, 1.165) is 66.5 Å². The predicted octanol–water partition coefficient (Wildman–Crippen LogP) is 13.6. The van der Waals surface area contributed by atoms with Gasteiger partial charge in [-0.15, -0.1) is 0 Å². The molecule has 0 unspecified atom stereocenters. The van der Waals surface area contributed by atoms with E-state index in [4.69, 9.17) is 4.98 Å². The van der Waals surface area contributed by atoms with Crippen molar-refractivity contribution in [3.05, 3.63) is 211 Å². The van der Waals surface area contributed by atoms with Gasteiger partial charge in [0.05, 0.1) is 56.2 Å². The van der Waals surface area contributed by atoms with Gasteiger partial charge in [0.15, 0.2) is 0 Å². The lowest BCUT2D eigenvalue weighted by Gasteiger charge is -2.16. The molecule has 11 rings (SSSR count). The van der Waals surface area contributed by atoms with Gasteiger partial charge in [0.2, 0.25) is 0 Å². The number of hydrogen-bond donors (Lipinski definition) is 0. The molecule has 0 N–H and O–H groups in total. The van der Waals surface area contributed by atoms with Crippen molar-refractivity contribution in [2.45, 2.75) is 0 Å². The summed E-state index contributed by atoms with van der Waals surface area (Å²) in [7, 11) is 0. The van der Waals surface area contributed by atoms with Gasteiger partial charge in [-0.3, -0.25) is 0 Å². The summed E-state index contributed by atoms with van der Waals surface area (Å²) in [5, 5.41) is 36.8. The van der Waals surface area contributed by atoms with E-state index < -0.39 is 0 Å². The van der Waals surface area contributed by atoms with Gasteiger partial charge in [0.25, 0.3) is 0 Å². The Morgan fingerprint density at radius 3 is 1.47 bits per heavy atom. The largest absolute Gasteiger partial charge is 0.309 e. The third-order valence-corrected chi connectivity index (χ3v) is 11.8. The van der Waals surface area contributed by atoms with Crippen LogP contribution < -0.4 is 0 Å². The van der Waals surface area contributed by atoms with Crippen molar-refractivity contribution in [1.29, 1.82) is 15.8 Å². The Bertz CT molecular complexity index is 3690. The molecule has 0 atom stereocenters. The summed E-state index contributed by atoms with van der Waals surface area (Å²) in [5.74, 6) is 0. The first-order valence-corrected chi connectivity index (χ1v) is 20.3. The Morgan fingerprint density at radius 2 is 0.871 bits per heavy atom. The fourth-order valence-electron chi connectivity index (χ4n) is 9.19. The van der Waals surface area contributed by atoms with Crippen LogP contribution in [0.1, 0.15) is 16.7 Å². The van der Waals surface area contributed by atoms with Crippen molar-refractivity contribution in [2.24, 2.45) is 0 Å². The SMILES string of the molecule is N#Cc1cc(-c2nc(-c3ccccc3)c(C#N)c(-c3ccccc3)c2C#N)ccc1-c1ccc2c3c4c5ccccc5n(-c5ccccc5)c4ccc3n(-c3ccccc3)c2c1. The van der Waals surface area contributed by atoms with Crippen molar-refractivity contribution >= 4 is 43.6 Å². The molecule has 0 spiro atoms. The second kappa shape index (κ2) is 14.7. The number of para-hydroxylation sites is 3. The molecule has 0 saturated heterocycles. The van der Waals surface area contributed by atoms with Crippen molar-refractivity contribution < 1.29 is 0 Å². The summed E-state index contributed by atoms with van der Waals surface area (Å²) in [6.45, 7) is 0. The lowest BCUT2D eigenvalue weighted by Crippen LogP contribution is -2.02. The van der Waals surface area contributed by atoms with Crippen LogP contribution in [-0.2, 0) is 0 Å². The number of fused-ring (bicyclic) bond motifs is 7. The van der Waals surface area contributed by atoms with Crippen LogP contribution in [0.2, 0.25) is 0 Å². The summed E-state index contributed by atoms with van der Waals surface area (Å²) >= 11 is 0. The number of pyridine rings is 1. The highest BCUT2D eigenvalue weighted by molar-refractivity contribution is 6.29. The summed E-state index contributed by atoms with van der Waals surface area (Å²) in [6, 6.07) is 72.4. The van der Waals surface area contributed by atoms with Gasteiger partial charge in [-0.05, 0) is 71.3 Å². The minimum Gasteiger partial charge on any atom is -0.309 e. The molecule has 0 aliphatic heterocycles. The zero-order valence-corrected chi connectivity index (χ0v) is 33.2. The molecule has 0 aliphatic rings. The molecule has 62 heavy (non-hydrogen) atoms. The summed E-state index contributed by atoms with van der Waals surface area (Å²) in [4.78, 5) is 5.04. The molecule has 3 aromatic heterocycles. The first kappa shape index (κ1) is 36.1. The van der Waals surface area contributed by atoms with Gasteiger partial charge in [-0.2, -0.15) is 15.8 Å². The van der Waals surface area contributed by atoms with Gasteiger partial charge < -0.3 is 9.13 Å². The molecule has 6 heteroatoms. The van der Waals surface area contributed by atoms with E-state index in [2.05, 4.69) is 130 Å². The number of nitrogens with zero attached hydrogens (tertiary/aromatic N) is 6. The van der Waals surface area contributed by atoms with E-state index in [9.17, 15) is 15.8 Å². The first-order valence-electron chi connectivity index (χ1n) is 20.3. The maximum Gasteiger partial charge on any atom is 0.102 e. The lowest BCUT2D eigenvalue weighted by atomic mass is 9.88. The Hall–Kier alpha value is -9.02. The second-order valence-corrected chi connectivity index (χ2v) is 15.2. The molecule has 11 aromatic rings. The standard InChI is InChI=1S/C56H32N6/c57-33-40-31-39(56-47(35-59)52(36-15-5-1-6-16-36)46(34-58)55(60-56)37-17-7-2-8-18-37)26-27-43(40)38-25-28-45-51(32-38)62(42-21-11-4-12-22-42)50-30-29-49-53(54(45)50)44-23-13-14-24-48(44)61(49)41-19-9-3-10-20-41/h1-32H. The van der Waals surface area contributed by atoms with Crippen molar-refractivity contribution in [1.82, 2.24) is 14.1 Å². The molecule has 0 amide bonds. The third kappa shape index (κ3) is 5.59. The maximum absolute atomic E-state index is 10.8. The second-order valence-electron chi connectivity index (χ2n) is 15.2. The van der Waals surface area contributed by atoms with Crippen LogP contribution in [0, 0.1) is 34.0 Å². The molecule has 286 valence electrons. The topological polar surface area (TPSA) is 94.1 Å². The lowest BCUT2D eigenvalue weighted by molar-refractivity contribution is 1.17. The van der Waals surface area contributed by atoms with Gasteiger partial charge in [0, 0.05) is 49.6 Å². The van der Waals surface area contributed by atoms with Gasteiger partial charge in [0.1, 0.15) is 12.1 Å². The molecule has 6 nitrogen and oxygen atoms in total. The van der Waals surface area contributed by atoms with Crippen LogP contribution >= 0.6 is 0 Å². The van der Waals surface area contributed by atoms with Crippen LogP contribution in [0.3, 0.4) is 0 Å². The highest BCUT2D eigenvalue weighted by Gasteiger charge is 2.25. The predicted molar refractivity (Wildman–Crippen MR) is 249 cm³/mol. The molecular formula is C56H32N6. The Kier molecular flexibility index (Phi) is 8.54. The van der Waals surface area contributed by atoms with Crippen LogP contribution in [0.5, 0.6) is 0 Å². The van der Waals surface area contributed by atoms with E-state index in [1.165, 1.54) is 10.8 Å². The summed E-state index contributed by atoms with van der Waals surface area (Å²) in [5.41, 5.74) is 12.7. The highest BCUT2D eigenvalue weighted by Crippen LogP contribution is 2.44. The van der Waals surface area contributed by atoms with E-state index in [1.54, 1.807) is 0 Å². The van der Waals surface area contributed by atoms with Crippen molar-refractivity contribution in [3.8, 4) is 74.4 Å². The fourth-order valence-corrected chi connectivity index (χ4v) is 9.19. The average Bonchev–Trinajstić information content (AvgIpc) is 3.86. The van der Waals surface area contributed by atoms with E-state index in [1.807, 2.05) is 91.0 Å². The number of benzene rings is 8. The molecule has 0 bridgehead atoms. The molecule has 0 radical (unpaired) electrons. The zero-order valence-electron chi connectivity index (χ0n) is 33.2.